The van der Waals surface area contributed by atoms with E-state index in [9.17, 15) is 22.8 Å². The van der Waals surface area contributed by atoms with Crippen LogP contribution in [0.1, 0.15) is 22.3 Å². The molecule has 0 bridgehead atoms. The second-order valence-electron chi connectivity index (χ2n) is 4.62. The van der Waals surface area contributed by atoms with Gasteiger partial charge in [0.25, 0.3) is 0 Å². The van der Waals surface area contributed by atoms with Crippen LogP contribution in [0.25, 0.3) is 0 Å². The lowest BCUT2D eigenvalue weighted by atomic mass is 10.1. The number of nitrogens with one attached hydrogen (secondary N) is 1. The highest BCUT2D eigenvalue weighted by atomic mass is 19.4. The lowest BCUT2D eigenvalue weighted by Crippen LogP contribution is -2.30. The Balaban J connectivity index is 2.42. The molecule has 1 heterocycles. The van der Waals surface area contributed by atoms with Gasteiger partial charge in [-0.1, -0.05) is 0 Å². The number of carboxylic acid groups (broad SMARTS) is 1. The Hall–Kier alpha value is -2.25. The Morgan fingerprint density at radius 2 is 2.00 bits per heavy atom. The number of carbonyl (C=O) groups is 2. The summed E-state index contributed by atoms with van der Waals surface area (Å²) in [5.74, 6) is -1.63. The molecular formula is C13H13F3N2O3. The monoisotopic (exact) mass is 302 g/mol. The van der Waals surface area contributed by atoms with Crippen LogP contribution in [0.3, 0.4) is 0 Å². The number of aromatic carboxylic acids is 1. The van der Waals surface area contributed by atoms with Crippen molar-refractivity contribution in [2.24, 2.45) is 0 Å². The molecule has 0 saturated carbocycles. The van der Waals surface area contributed by atoms with Gasteiger partial charge >= 0.3 is 12.1 Å². The molecular weight excluding hydrogens is 289 g/mol. The summed E-state index contributed by atoms with van der Waals surface area (Å²) in [6.45, 7) is 0.638. The van der Waals surface area contributed by atoms with Crippen molar-refractivity contribution in [1.29, 1.82) is 0 Å². The summed E-state index contributed by atoms with van der Waals surface area (Å²) in [5.41, 5.74) is -1.53. The van der Waals surface area contributed by atoms with Crippen molar-refractivity contribution in [3.05, 3.63) is 29.3 Å². The van der Waals surface area contributed by atoms with E-state index in [1.807, 2.05) is 0 Å². The van der Waals surface area contributed by atoms with E-state index in [-0.39, 0.29) is 37.6 Å². The highest BCUT2D eigenvalue weighted by Crippen LogP contribution is 2.37. The lowest BCUT2D eigenvalue weighted by Gasteiger charge is -2.25. The van der Waals surface area contributed by atoms with Gasteiger partial charge in [-0.2, -0.15) is 13.2 Å². The predicted octanol–water partition coefficient (Wildman–Crippen LogP) is 1.73. The third-order valence-corrected chi connectivity index (χ3v) is 3.20. The first-order valence-corrected chi connectivity index (χ1v) is 6.25. The number of hydrogen-bond donors (Lipinski definition) is 2. The standard InChI is InChI=1S/C13H13F3N2O3/c14-13(15,16)9-7-8(12(20)21)1-2-10(9)18-5-3-11(19)17-4-6-18/h1-2,7H,3-6H2,(H,17,19)(H,20,21). The Morgan fingerprint density at radius 1 is 1.29 bits per heavy atom. The minimum Gasteiger partial charge on any atom is -0.478 e. The van der Waals surface area contributed by atoms with E-state index in [0.717, 1.165) is 12.1 Å². The Kier molecular flexibility index (Phi) is 4.06. The first-order chi connectivity index (χ1) is 9.79. The number of anilines is 1. The van der Waals surface area contributed by atoms with Crippen molar-refractivity contribution in [3.8, 4) is 0 Å². The molecule has 0 unspecified atom stereocenters. The van der Waals surface area contributed by atoms with Crippen LogP contribution in [-0.4, -0.2) is 36.6 Å². The summed E-state index contributed by atoms with van der Waals surface area (Å²) in [4.78, 5) is 23.5. The zero-order valence-electron chi connectivity index (χ0n) is 10.9. The van der Waals surface area contributed by atoms with Crippen molar-refractivity contribution in [2.45, 2.75) is 12.6 Å². The van der Waals surface area contributed by atoms with Crippen LogP contribution < -0.4 is 10.2 Å². The molecule has 2 rings (SSSR count). The van der Waals surface area contributed by atoms with E-state index < -0.39 is 23.3 Å². The summed E-state index contributed by atoms with van der Waals surface area (Å²) < 4.78 is 39.4. The van der Waals surface area contributed by atoms with Gasteiger partial charge in [0.2, 0.25) is 5.91 Å². The van der Waals surface area contributed by atoms with Crippen LogP contribution in [0.2, 0.25) is 0 Å². The normalized spacial score (nSPS) is 16.3. The van der Waals surface area contributed by atoms with Crippen LogP contribution in [0.5, 0.6) is 0 Å². The third-order valence-electron chi connectivity index (χ3n) is 3.20. The SMILES string of the molecule is O=C1CCN(c2ccc(C(=O)O)cc2C(F)(F)F)CCN1. The number of carbonyl (C=O) groups excluding carboxylic acids is 1. The fraction of sp³-hybridized carbons (Fsp3) is 0.385. The summed E-state index contributed by atoms with van der Waals surface area (Å²) in [7, 11) is 0. The second kappa shape index (κ2) is 5.63. The molecule has 8 heteroatoms. The Bertz CT molecular complexity index is 572. The van der Waals surface area contributed by atoms with Crippen molar-refractivity contribution in [2.75, 3.05) is 24.5 Å². The maximum Gasteiger partial charge on any atom is 0.418 e. The van der Waals surface area contributed by atoms with E-state index in [0.29, 0.717) is 6.07 Å². The van der Waals surface area contributed by atoms with Crippen molar-refractivity contribution >= 4 is 17.6 Å². The number of nitrogens with zero attached hydrogens (tertiary/aromatic N) is 1. The van der Waals surface area contributed by atoms with Gasteiger partial charge in [0.05, 0.1) is 11.1 Å². The number of amides is 1. The first kappa shape index (κ1) is 15.1. The zero-order chi connectivity index (χ0) is 15.6. The quantitative estimate of drug-likeness (QED) is 0.873. The highest BCUT2D eigenvalue weighted by molar-refractivity contribution is 5.88. The molecule has 0 aliphatic carbocycles. The predicted molar refractivity (Wildman–Crippen MR) is 68.2 cm³/mol. The average molecular weight is 302 g/mol. The van der Waals surface area contributed by atoms with Gasteiger partial charge in [-0.05, 0) is 18.2 Å². The van der Waals surface area contributed by atoms with Crippen LogP contribution in [0, 0.1) is 0 Å². The highest BCUT2D eigenvalue weighted by Gasteiger charge is 2.36. The number of rotatable bonds is 2. The lowest BCUT2D eigenvalue weighted by molar-refractivity contribution is -0.137. The van der Waals surface area contributed by atoms with Crippen LogP contribution in [0.15, 0.2) is 18.2 Å². The molecule has 1 saturated heterocycles. The fourth-order valence-corrected chi connectivity index (χ4v) is 2.18. The van der Waals surface area contributed by atoms with Gasteiger partial charge < -0.3 is 15.3 Å². The molecule has 1 fully saturated rings. The maximum atomic E-state index is 13.1. The maximum absolute atomic E-state index is 13.1. The van der Waals surface area contributed by atoms with Gasteiger partial charge in [0.15, 0.2) is 0 Å². The molecule has 0 aromatic heterocycles. The molecule has 1 amide bonds. The van der Waals surface area contributed by atoms with E-state index in [1.165, 1.54) is 4.90 Å². The van der Waals surface area contributed by atoms with E-state index in [1.54, 1.807) is 0 Å². The van der Waals surface area contributed by atoms with Crippen molar-refractivity contribution in [1.82, 2.24) is 5.32 Å². The fourth-order valence-electron chi connectivity index (χ4n) is 2.18. The summed E-state index contributed by atoms with van der Waals surface area (Å²) in [6, 6.07) is 2.90. The van der Waals surface area contributed by atoms with Crippen molar-refractivity contribution < 1.29 is 27.9 Å². The van der Waals surface area contributed by atoms with Crippen molar-refractivity contribution in [3.63, 3.8) is 0 Å². The Morgan fingerprint density at radius 3 is 2.62 bits per heavy atom. The minimum absolute atomic E-state index is 0.0952. The van der Waals surface area contributed by atoms with Gasteiger partial charge in [-0.3, -0.25) is 4.79 Å². The molecule has 2 N–H and O–H groups in total. The minimum atomic E-state index is -4.66. The zero-order valence-corrected chi connectivity index (χ0v) is 10.9. The largest absolute Gasteiger partial charge is 0.478 e. The molecule has 1 aromatic rings. The van der Waals surface area contributed by atoms with Gasteiger partial charge in [0.1, 0.15) is 0 Å². The number of benzene rings is 1. The Labute approximate surface area is 118 Å². The molecule has 1 aliphatic heterocycles. The molecule has 0 radical (unpaired) electrons. The molecule has 1 aliphatic rings. The summed E-state index contributed by atoms with van der Waals surface area (Å²) >= 11 is 0. The number of alkyl halides is 3. The summed E-state index contributed by atoms with van der Waals surface area (Å²) in [5, 5.41) is 11.4. The van der Waals surface area contributed by atoms with Crippen LogP contribution in [-0.2, 0) is 11.0 Å². The van der Waals surface area contributed by atoms with Gasteiger partial charge in [-0.25, -0.2) is 4.79 Å². The molecule has 21 heavy (non-hydrogen) atoms. The molecule has 0 spiro atoms. The number of carboxylic acids is 1. The van der Waals surface area contributed by atoms with E-state index >= 15 is 0 Å². The topological polar surface area (TPSA) is 69.6 Å². The van der Waals surface area contributed by atoms with Gasteiger partial charge in [0, 0.05) is 31.7 Å². The molecule has 1 aromatic carbocycles. The third kappa shape index (κ3) is 3.45. The number of halogens is 3. The van der Waals surface area contributed by atoms with Crippen LogP contribution >= 0.6 is 0 Å². The van der Waals surface area contributed by atoms with Gasteiger partial charge in [-0.15, -0.1) is 0 Å². The number of hydrogen-bond acceptors (Lipinski definition) is 3. The smallest absolute Gasteiger partial charge is 0.418 e. The van der Waals surface area contributed by atoms with E-state index in [4.69, 9.17) is 5.11 Å². The molecule has 114 valence electrons. The first-order valence-electron chi connectivity index (χ1n) is 6.25. The second-order valence-corrected chi connectivity index (χ2v) is 4.62. The van der Waals surface area contributed by atoms with E-state index in [2.05, 4.69) is 5.32 Å². The molecule has 0 atom stereocenters. The summed E-state index contributed by atoms with van der Waals surface area (Å²) in [6.07, 6.45) is -4.57. The van der Waals surface area contributed by atoms with Crippen LogP contribution in [0.4, 0.5) is 18.9 Å². The molecule has 5 nitrogen and oxygen atoms in total. The average Bonchev–Trinajstić information content (AvgIpc) is 2.62.